The minimum Gasteiger partial charge on any atom is -0.508 e. The van der Waals surface area contributed by atoms with Crippen molar-refractivity contribution in [3.8, 4) is 17.0 Å². The van der Waals surface area contributed by atoms with Gasteiger partial charge in [-0.25, -0.2) is 4.79 Å². The second-order valence-corrected chi connectivity index (χ2v) is 9.03. The van der Waals surface area contributed by atoms with Crippen LogP contribution >= 0.6 is 0 Å². The van der Waals surface area contributed by atoms with Gasteiger partial charge >= 0.3 is 5.97 Å². The average Bonchev–Trinajstić information content (AvgIpc) is 3.29. The van der Waals surface area contributed by atoms with E-state index in [2.05, 4.69) is 53.3 Å². The lowest BCUT2D eigenvalue weighted by Gasteiger charge is -2.48. The molecule has 0 radical (unpaired) electrons. The van der Waals surface area contributed by atoms with E-state index >= 15 is 0 Å². The molecule has 0 bridgehead atoms. The van der Waals surface area contributed by atoms with Gasteiger partial charge in [-0.15, -0.1) is 0 Å². The summed E-state index contributed by atoms with van der Waals surface area (Å²) in [5, 5.41) is 23.6. The molecule has 3 aromatic carbocycles. The van der Waals surface area contributed by atoms with Gasteiger partial charge in [0.15, 0.2) is 0 Å². The van der Waals surface area contributed by atoms with Crippen LogP contribution in [0.3, 0.4) is 0 Å². The third kappa shape index (κ3) is 4.19. The molecular weight excluding hydrogens is 438 g/mol. The number of aliphatic carboxylic acids is 1. The molecular formula is C29H27N3O3. The lowest BCUT2D eigenvalue weighted by molar-refractivity contribution is -0.131. The van der Waals surface area contributed by atoms with E-state index in [1.165, 1.54) is 0 Å². The highest BCUT2D eigenvalue weighted by Gasteiger charge is 2.40. The van der Waals surface area contributed by atoms with E-state index in [-0.39, 0.29) is 5.75 Å². The predicted octanol–water partition coefficient (Wildman–Crippen LogP) is 5.22. The Morgan fingerprint density at radius 3 is 2.43 bits per heavy atom. The number of carboxylic acids is 1. The molecule has 0 aliphatic carbocycles. The summed E-state index contributed by atoms with van der Waals surface area (Å²) in [7, 11) is 1.91. The van der Waals surface area contributed by atoms with Gasteiger partial charge in [0.05, 0.1) is 11.2 Å². The second kappa shape index (κ2) is 8.80. The number of rotatable bonds is 5. The maximum Gasteiger partial charge on any atom is 0.328 e. The molecule has 35 heavy (non-hydrogen) atoms. The van der Waals surface area contributed by atoms with Crippen LogP contribution in [0.5, 0.6) is 5.75 Å². The van der Waals surface area contributed by atoms with Crippen molar-refractivity contribution < 1.29 is 15.0 Å². The van der Waals surface area contributed by atoms with Crippen molar-refractivity contribution in [2.45, 2.75) is 18.9 Å². The van der Waals surface area contributed by atoms with Gasteiger partial charge in [0.25, 0.3) is 0 Å². The van der Waals surface area contributed by atoms with Crippen LogP contribution in [-0.2, 0) is 23.8 Å². The van der Waals surface area contributed by atoms with Gasteiger partial charge in [0.2, 0.25) is 0 Å². The monoisotopic (exact) mass is 465 g/mol. The molecule has 1 atom stereocenters. The Morgan fingerprint density at radius 1 is 1.03 bits per heavy atom. The topological polar surface area (TPSA) is 78.6 Å². The Kier molecular flexibility index (Phi) is 5.65. The first-order valence-electron chi connectivity index (χ1n) is 11.6. The summed E-state index contributed by atoms with van der Waals surface area (Å²) >= 11 is 0. The zero-order chi connectivity index (χ0) is 24.6. The van der Waals surface area contributed by atoms with Crippen molar-refractivity contribution in [3.63, 3.8) is 0 Å². The van der Waals surface area contributed by atoms with Gasteiger partial charge < -0.3 is 15.1 Å². The number of phenolic OH excluding ortho intramolecular Hbond substituents is 1. The molecule has 6 nitrogen and oxygen atoms in total. The normalized spacial score (nSPS) is 17.5. The predicted molar refractivity (Wildman–Crippen MR) is 137 cm³/mol. The van der Waals surface area contributed by atoms with E-state index in [0.29, 0.717) is 0 Å². The highest BCUT2D eigenvalue weighted by atomic mass is 16.4. The molecule has 2 N–H and O–H groups in total. The standard InChI is InChI=1S/C29H27N3O3/c1-29(23-8-3-20(4-9-23)5-14-28(34)35)26-13-12-25(33)19-22(26)15-18-32(29)24-10-6-21(7-11-24)27-16-17-31(2)30-27/h3-14,16-17,19,33H,15,18H2,1-2H3,(H,34,35)/b14-5+. The molecule has 0 fully saturated rings. The number of carbonyl (C=O) groups is 1. The smallest absolute Gasteiger partial charge is 0.328 e. The number of nitrogens with zero attached hydrogens (tertiary/aromatic N) is 3. The first kappa shape index (κ1) is 22.5. The molecule has 5 rings (SSSR count). The summed E-state index contributed by atoms with van der Waals surface area (Å²) in [4.78, 5) is 13.3. The van der Waals surface area contributed by atoms with Crippen LogP contribution in [0.4, 0.5) is 5.69 Å². The van der Waals surface area contributed by atoms with Crippen molar-refractivity contribution in [2.75, 3.05) is 11.4 Å². The van der Waals surface area contributed by atoms with Crippen LogP contribution in [0.25, 0.3) is 17.3 Å². The molecule has 4 aromatic rings. The SMILES string of the molecule is Cn1ccc(-c2ccc(N3CCc4cc(O)ccc4C3(C)c3ccc(/C=C/C(=O)O)cc3)cc2)n1. The summed E-state index contributed by atoms with van der Waals surface area (Å²) < 4.78 is 1.80. The summed E-state index contributed by atoms with van der Waals surface area (Å²) in [6.45, 7) is 2.99. The number of aromatic hydroxyl groups is 1. The number of aryl methyl sites for hydroxylation is 1. The van der Waals surface area contributed by atoms with Crippen molar-refractivity contribution in [1.29, 1.82) is 0 Å². The molecule has 176 valence electrons. The van der Waals surface area contributed by atoms with Crippen molar-refractivity contribution in [3.05, 3.63) is 107 Å². The van der Waals surface area contributed by atoms with Crippen LogP contribution in [0.1, 0.15) is 29.2 Å². The molecule has 0 spiro atoms. The van der Waals surface area contributed by atoms with Crippen LogP contribution in [0.2, 0.25) is 0 Å². The van der Waals surface area contributed by atoms with E-state index in [0.717, 1.165) is 58.2 Å². The number of anilines is 1. The maximum atomic E-state index is 10.9. The summed E-state index contributed by atoms with van der Waals surface area (Å²) in [6.07, 6.45) is 5.49. The van der Waals surface area contributed by atoms with Gasteiger partial charge in [0.1, 0.15) is 5.75 Å². The summed E-state index contributed by atoms with van der Waals surface area (Å²) in [6, 6.07) is 24.1. The molecule has 0 saturated carbocycles. The van der Waals surface area contributed by atoms with Crippen LogP contribution < -0.4 is 4.90 Å². The zero-order valence-electron chi connectivity index (χ0n) is 19.7. The highest BCUT2D eigenvalue weighted by Crippen LogP contribution is 2.44. The first-order valence-corrected chi connectivity index (χ1v) is 11.6. The molecule has 1 aliphatic rings. The minimum absolute atomic E-state index is 0.272. The Hall–Kier alpha value is -4.32. The van der Waals surface area contributed by atoms with E-state index in [1.54, 1.807) is 16.8 Å². The Bertz CT molecular complexity index is 1400. The van der Waals surface area contributed by atoms with Crippen molar-refractivity contribution >= 4 is 17.7 Å². The van der Waals surface area contributed by atoms with Crippen LogP contribution in [0, 0.1) is 0 Å². The lowest BCUT2D eigenvalue weighted by atomic mass is 9.76. The second-order valence-electron chi connectivity index (χ2n) is 9.03. The largest absolute Gasteiger partial charge is 0.508 e. The third-order valence-electron chi connectivity index (χ3n) is 6.84. The molecule has 0 saturated heterocycles. The molecule has 1 unspecified atom stereocenters. The maximum absolute atomic E-state index is 10.9. The molecule has 0 amide bonds. The van der Waals surface area contributed by atoms with Crippen LogP contribution in [-0.4, -0.2) is 32.5 Å². The zero-order valence-corrected chi connectivity index (χ0v) is 19.7. The number of hydrogen-bond donors (Lipinski definition) is 2. The Morgan fingerprint density at radius 2 is 1.77 bits per heavy atom. The lowest BCUT2D eigenvalue weighted by Crippen LogP contribution is -2.49. The minimum atomic E-state index is -0.970. The molecule has 1 aliphatic heterocycles. The summed E-state index contributed by atoms with van der Waals surface area (Å²) in [5.41, 5.74) is 6.80. The number of benzene rings is 3. The highest BCUT2D eigenvalue weighted by molar-refractivity contribution is 5.85. The van der Waals surface area contributed by atoms with Crippen LogP contribution in [0.15, 0.2) is 85.1 Å². The van der Waals surface area contributed by atoms with E-state index in [4.69, 9.17) is 5.11 Å². The van der Waals surface area contributed by atoms with Gasteiger partial charge in [-0.05, 0) is 72.0 Å². The molecule has 6 heteroatoms. The average molecular weight is 466 g/mol. The Balaban J connectivity index is 1.57. The third-order valence-corrected chi connectivity index (χ3v) is 6.84. The molecule has 2 heterocycles. The molecule has 1 aromatic heterocycles. The van der Waals surface area contributed by atoms with Gasteiger partial charge in [0, 0.05) is 37.1 Å². The number of fused-ring (bicyclic) bond motifs is 1. The number of carboxylic acid groups (broad SMARTS) is 1. The van der Waals surface area contributed by atoms with E-state index < -0.39 is 11.5 Å². The van der Waals surface area contributed by atoms with Gasteiger partial charge in [-0.2, -0.15) is 5.10 Å². The Labute approximate surface area is 204 Å². The van der Waals surface area contributed by atoms with Gasteiger partial charge in [-0.3, -0.25) is 4.68 Å². The van der Waals surface area contributed by atoms with Crippen molar-refractivity contribution in [1.82, 2.24) is 9.78 Å². The number of hydrogen-bond acceptors (Lipinski definition) is 4. The fourth-order valence-electron chi connectivity index (χ4n) is 5.03. The summed E-state index contributed by atoms with van der Waals surface area (Å²) in [5.74, 6) is -0.698. The van der Waals surface area contributed by atoms with E-state index in [1.807, 2.05) is 43.6 Å². The van der Waals surface area contributed by atoms with E-state index in [9.17, 15) is 9.90 Å². The van der Waals surface area contributed by atoms with Crippen molar-refractivity contribution in [2.24, 2.45) is 7.05 Å². The first-order chi connectivity index (χ1) is 16.8. The number of aromatic nitrogens is 2. The van der Waals surface area contributed by atoms with Gasteiger partial charge in [-0.1, -0.05) is 42.5 Å². The number of phenols is 1. The fraction of sp³-hybridized carbons (Fsp3) is 0.172. The fourth-order valence-corrected chi connectivity index (χ4v) is 5.03. The quantitative estimate of drug-likeness (QED) is 0.395.